The molecule has 2 aliphatic heterocycles. The lowest BCUT2D eigenvalue weighted by Gasteiger charge is -2.35. The molecule has 2 heterocycles. The number of piperidine rings is 1. The monoisotopic (exact) mass is 396 g/mol. The highest BCUT2D eigenvalue weighted by Gasteiger charge is 2.33. The molecule has 0 spiro atoms. The van der Waals surface area contributed by atoms with E-state index in [1.807, 2.05) is 25.8 Å². The van der Waals surface area contributed by atoms with E-state index < -0.39 is 14.9 Å². The molecule has 0 saturated carbocycles. The van der Waals surface area contributed by atoms with Crippen molar-refractivity contribution in [3.8, 4) is 0 Å². The van der Waals surface area contributed by atoms with Crippen LogP contribution in [0.4, 0.5) is 11.4 Å². The van der Waals surface area contributed by atoms with Crippen molar-refractivity contribution < 1.29 is 13.3 Å². The lowest BCUT2D eigenvalue weighted by molar-refractivity contribution is -0.384. The summed E-state index contributed by atoms with van der Waals surface area (Å²) in [5.41, 5.74) is 0.353. The first kappa shape index (κ1) is 20.0. The van der Waals surface area contributed by atoms with Gasteiger partial charge in [0.25, 0.3) is 5.69 Å². The molecule has 0 aliphatic carbocycles. The number of nitro benzene ring substituents is 1. The Morgan fingerprint density at radius 1 is 1.07 bits per heavy atom. The lowest BCUT2D eigenvalue weighted by atomic mass is 9.94. The quantitative estimate of drug-likeness (QED) is 0.572. The van der Waals surface area contributed by atoms with E-state index >= 15 is 0 Å². The van der Waals surface area contributed by atoms with Crippen molar-refractivity contribution in [1.29, 1.82) is 0 Å². The Kier molecular flexibility index (Phi) is 5.73. The highest BCUT2D eigenvalue weighted by Crippen LogP contribution is 2.34. The van der Waals surface area contributed by atoms with E-state index in [4.69, 9.17) is 0 Å². The van der Waals surface area contributed by atoms with Crippen molar-refractivity contribution in [1.82, 2.24) is 9.21 Å². The lowest BCUT2D eigenvalue weighted by Crippen LogP contribution is -2.44. The minimum Gasteiger partial charge on any atom is -0.363 e. The van der Waals surface area contributed by atoms with Gasteiger partial charge in [-0.2, -0.15) is 4.31 Å². The highest BCUT2D eigenvalue weighted by atomic mass is 32.2. The number of likely N-dealkylation sites (N-methyl/N-ethyl adjacent to an activating group) is 1. The van der Waals surface area contributed by atoms with Crippen molar-refractivity contribution in [2.45, 2.75) is 25.2 Å². The Balaban J connectivity index is 1.92. The fourth-order valence-corrected chi connectivity index (χ4v) is 5.78. The van der Waals surface area contributed by atoms with Crippen LogP contribution in [0.25, 0.3) is 0 Å². The molecule has 1 aromatic rings. The second-order valence-electron chi connectivity index (χ2n) is 7.97. The van der Waals surface area contributed by atoms with Gasteiger partial charge in [-0.25, -0.2) is 8.42 Å². The summed E-state index contributed by atoms with van der Waals surface area (Å²) in [4.78, 5) is 15.3. The van der Waals surface area contributed by atoms with Crippen LogP contribution in [0.3, 0.4) is 0 Å². The SMILES string of the molecule is C[C@H]1C[C@H](C)CN(S(=O)(=O)c2ccc(N3CCN(C)CC3)c([N+](=O)[O-])c2)C1. The molecule has 0 aromatic heterocycles. The second-order valence-corrected chi connectivity index (χ2v) is 9.90. The predicted octanol–water partition coefficient (Wildman–Crippen LogP) is 2.01. The Bertz CT molecular complexity index is 796. The number of sulfonamides is 1. The van der Waals surface area contributed by atoms with Gasteiger partial charge in [-0.05, 0) is 37.4 Å². The molecule has 0 radical (unpaired) electrons. The van der Waals surface area contributed by atoms with E-state index in [-0.39, 0.29) is 22.4 Å². The van der Waals surface area contributed by atoms with Gasteiger partial charge in [0.05, 0.1) is 9.82 Å². The number of hydrogen-bond acceptors (Lipinski definition) is 6. The van der Waals surface area contributed by atoms with Crippen LogP contribution >= 0.6 is 0 Å². The molecule has 150 valence electrons. The van der Waals surface area contributed by atoms with Crippen molar-refractivity contribution >= 4 is 21.4 Å². The zero-order chi connectivity index (χ0) is 19.8. The van der Waals surface area contributed by atoms with Crippen molar-refractivity contribution in [2.75, 3.05) is 51.2 Å². The van der Waals surface area contributed by atoms with E-state index in [9.17, 15) is 18.5 Å². The van der Waals surface area contributed by atoms with Gasteiger partial charge >= 0.3 is 0 Å². The van der Waals surface area contributed by atoms with E-state index in [1.54, 1.807) is 6.07 Å². The molecule has 27 heavy (non-hydrogen) atoms. The molecule has 0 N–H and O–H groups in total. The number of piperazine rings is 1. The van der Waals surface area contributed by atoms with Crippen LogP contribution in [-0.4, -0.2) is 68.9 Å². The zero-order valence-electron chi connectivity index (χ0n) is 16.2. The fraction of sp³-hybridized carbons (Fsp3) is 0.667. The van der Waals surface area contributed by atoms with Crippen LogP contribution in [0.2, 0.25) is 0 Å². The molecule has 3 rings (SSSR count). The van der Waals surface area contributed by atoms with Crippen LogP contribution in [-0.2, 0) is 10.0 Å². The largest absolute Gasteiger partial charge is 0.363 e. The Morgan fingerprint density at radius 2 is 1.67 bits per heavy atom. The van der Waals surface area contributed by atoms with Crippen LogP contribution in [0.15, 0.2) is 23.1 Å². The van der Waals surface area contributed by atoms with Crippen molar-refractivity contribution in [3.63, 3.8) is 0 Å². The molecule has 0 bridgehead atoms. The van der Waals surface area contributed by atoms with Crippen LogP contribution in [0, 0.1) is 22.0 Å². The number of hydrogen-bond donors (Lipinski definition) is 0. The maximum absolute atomic E-state index is 13.1. The van der Waals surface area contributed by atoms with E-state index in [0.29, 0.717) is 31.9 Å². The standard InChI is InChI=1S/C18H28N4O4S/c1-14-10-15(2)13-21(12-14)27(25,26)16-4-5-17(18(11-16)22(23)24)20-8-6-19(3)7-9-20/h4-5,11,14-15H,6-10,12-13H2,1-3H3/t14-,15-/m0/s1. The molecule has 0 amide bonds. The summed E-state index contributed by atoms with van der Waals surface area (Å²) in [6.45, 7) is 8.01. The minimum absolute atomic E-state index is 0.00776. The second kappa shape index (κ2) is 7.73. The number of nitro groups is 1. The van der Waals surface area contributed by atoms with Gasteiger partial charge in [-0.3, -0.25) is 10.1 Å². The van der Waals surface area contributed by atoms with Gasteiger partial charge < -0.3 is 9.80 Å². The maximum Gasteiger partial charge on any atom is 0.293 e. The van der Waals surface area contributed by atoms with Gasteiger partial charge in [0, 0.05) is 45.3 Å². The summed E-state index contributed by atoms with van der Waals surface area (Å²) in [5.74, 6) is 0.561. The summed E-state index contributed by atoms with van der Waals surface area (Å²) < 4.78 is 27.6. The smallest absolute Gasteiger partial charge is 0.293 e. The Hall–Kier alpha value is -1.71. The average Bonchev–Trinajstić information content (AvgIpc) is 2.61. The molecule has 8 nitrogen and oxygen atoms in total. The predicted molar refractivity (Wildman–Crippen MR) is 105 cm³/mol. The topological polar surface area (TPSA) is 87.0 Å². The normalized spacial score (nSPS) is 25.5. The first-order valence-electron chi connectivity index (χ1n) is 9.40. The summed E-state index contributed by atoms with van der Waals surface area (Å²) in [6.07, 6.45) is 0.995. The molecule has 2 atom stereocenters. The summed E-state index contributed by atoms with van der Waals surface area (Å²) in [6, 6.07) is 4.33. The first-order chi connectivity index (χ1) is 12.7. The molecule has 1 aromatic carbocycles. The van der Waals surface area contributed by atoms with Gasteiger partial charge in [0.2, 0.25) is 10.0 Å². The molecular weight excluding hydrogens is 368 g/mol. The van der Waals surface area contributed by atoms with Crippen molar-refractivity contribution in [2.24, 2.45) is 11.8 Å². The van der Waals surface area contributed by atoms with Gasteiger partial charge in [-0.1, -0.05) is 13.8 Å². The molecule has 2 saturated heterocycles. The van der Waals surface area contributed by atoms with Crippen LogP contribution in [0.1, 0.15) is 20.3 Å². The molecule has 2 aliphatic rings. The summed E-state index contributed by atoms with van der Waals surface area (Å²) in [5, 5.41) is 11.6. The third kappa shape index (κ3) is 4.25. The molecule has 2 fully saturated rings. The fourth-order valence-electron chi connectivity index (χ4n) is 4.08. The van der Waals surface area contributed by atoms with E-state index in [2.05, 4.69) is 4.90 Å². The number of nitrogens with zero attached hydrogens (tertiary/aromatic N) is 4. The highest BCUT2D eigenvalue weighted by molar-refractivity contribution is 7.89. The molecule has 9 heteroatoms. The summed E-state index contributed by atoms with van der Waals surface area (Å²) in [7, 11) is -1.72. The molecule has 0 unspecified atom stereocenters. The van der Waals surface area contributed by atoms with Gasteiger partial charge in [-0.15, -0.1) is 0 Å². The summed E-state index contributed by atoms with van der Waals surface area (Å²) >= 11 is 0. The van der Waals surface area contributed by atoms with Crippen LogP contribution in [0.5, 0.6) is 0 Å². The van der Waals surface area contributed by atoms with E-state index in [0.717, 1.165) is 19.5 Å². The molecular formula is C18H28N4O4S. The zero-order valence-corrected chi connectivity index (χ0v) is 17.0. The van der Waals surface area contributed by atoms with Gasteiger partial charge in [0.1, 0.15) is 5.69 Å². The van der Waals surface area contributed by atoms with Gasteiger partial charge in [0.15, 0.2) is 0 Å². The maximum atomic E-state index is 13.1. The van der Waals surface area contributed by atoms with Crippen LogP contribution < -0.4 is 4.90 Å². The number of anilines is 1. The Labute approximate surface area is 160 Å². The average molecular weight is 397 g/mol. The Morgan fingerprint density at radius 3 is 2.22 bits per heavy atom. The van der Waals surface area contributed by atoms with E-state index in [1.165, 1.54) is 16.4 Å². The third-order valence-electron chi connectivity index (χ3n) is 5.46. The van der Waals surface area contributed by atoms with Crippen molar-refractivity contribution in [3.05, 3.63) is 28.3 Å². The number of benzene rings is 1. The third-order valence-corrected chi connectivity index (χ3v) is 7.29. The number of rotatable bonds is 4. The first-order valence-corrected chi connectivity index (χ1v) is 10.8. The minimum atomic E-state index is -3.74.